The van der Waals surface area contributed by atoms with E-state index >= 15 is 0 Å². The second kappa shape index (κ2) is 54.4. The molecule has 0 aliphatic carbocycles. The van der Waals surface area contributed by atoms with Crippen LogP contribution in [0.25, 0.3) is 0 Å². The number of carboxylic acids is 1. The number of carboxylic acid groups (broad SMARTS) is 1. The van der Waals surface area contributed by atoms with E-state index in [9.17, 15) is 70.0 Å². The molecule has 1 amide bonds. The fourth-order valence-electron chi connectivity index (χ4n) is 4.44. The Morgan fingerprint density at radius 2 is 1.07 bits per heavy atom. The van der Waals surface area contributed by atoms with Crippen molar-refractivity contribution in [3.63, 3.8) is 0 Å². The minimum atomic E-state index is -4.53. The summed E-state index contributed by atoms with van der Waals surface area (Å²) in [6.45, 7) is 7.69. The van der Waals surface area contributed by atoms with E-state index < -0.39 is 66.1 Å². The summed E-state index contributed by atoms with van der Waals surface area (Å²) in [4.78, 5) is 57.7. The van der Waals surface area contributed by atoms with Crippen LogP contribution in [0.15, 0.2) is 135 Å². The number of epoxide rings is 1. The molecule has 0 saturated carbocycles. The quantitative estimate of drug-likeness (QED) is 0.00753. The van der Waals surface area contributed by atoms with Gasteiger partial charge in [-0.25, -0.2) is 36.2 Å². The van der Waals surface area contributed by atoms with Crippen LogP contribution in [0, 0.1) is 34.6 Å². The number of hydrogen-bond acceptors (Lipinski definition) is 19. The summed E-state index contributed by atoms with van der Waals surface area (Å²) in [6.07, 6.45) is -4.53. The number of anilines is 1. The Morgan fingerprint density at radius 3 is 1.30 bits per heavy atom. The predicted octanol–water partition coefficient (Wildman–Crippen LogP) is 7.83. The first-order chi connectivity index (χ1) is 40.1. The largest absolute Gasteiger partial charge is 1.00 e. The first-order valence-corrected chi connectivity index (χ1v) is 36.4. The van der Waals surface area contributed by atoms with Crippen LogP contribution in [-0.4, -0.2) is 139 Å². The molecule has 1 aliphatic heterocycles. The van der Waals surface area contributed by atoms with Gasteiger partial charge in [0.1, 0.15) is 28.9 Å². The van der Waals surface area contributed by atoms with Gasteiger partial charge in [0.05, 0.1) is 38.0 Å². The van der Waals surface area contributed by atoms with E-state index in [0.717, 1.165) is 31.7 Å². The topological polar surface area (TPSA) is 297 Å². The van der Waals surface area contributed by atoms with Gasteiger partial charge in [-0.15, -0.1) is 71.9 Å². The van der Waals surface area contributed by atoms with Crippen LogP contribution in [0.4, 0.5) is 36.4 Å². The molecule has 0 aromatic heterocycles. The second-order valence-electron chi connectivity index (χ2n) is 17.6. The van der Waals surface area contributed by atoms with Gasteiger partial charge in [0.25, 0.3) is 5.24 Å². The van der Waals surface area contributed by atoms with Crippen molar-refractivity contribution in [1.29, 1.82) is 5.26 Å². The van der Waals surface area contributed by atoms with Crippen molar-refractivity contribution in [1.82, 2.24) is 4.90 Å². The number of rotatable bonds is 13. The van der Waals surface area contributed by atoms with Gasteiger partial charge in [0, 0.05) is 122 Å². The first kappa shape index (κ1) is 104. The van der Waals surface area contributed by atoms with Crippen LogP contribution >= 0.6 is 142 Å². The van der Waals surface area contributed by atoms with Gasteiger partial charge >= 0.3 is 106 Å². The number of alkyl halides is 3. The van der Waals surface area contributed by atoms with Crippen molar-refractivity contribution >= 4 is 186 Å². The van der Waals surface area contributed by atoms with Gasteiger partial charge < -0.3 is 52.2 Å². The molecule has 4 unspecified atom stereocenters. The number of esters is 2. The zero-order chi connectivity index (χ0) is 68.1. The van der Waals surface area contributed by atoms with Crippen molar-refractivity contribution in [2.24, 2.45) is 0 Å². The Kier molecular flexibility index (Phi) is 62.2. The number of ether oxygens (including phenoxy) is 3. The minimum Gasteiger partial charge on any atom is -1.00 e. The number of hydrogen-bond donors (Lipinski definition) is 6. The zero-order valence-corrected chi connectivity index (χ0v) is 68.4. The summed E-state index contributed by atoms with van der Waals surface area (Å²) in [5.74, 6) is -3.01. The second-order valence-corrected chi connectivity index (χ2v) is 24.1. The maximum absolute atomic E-state index is 12.6. The van der Waals surface area contributed by atoms with E-state index in [-0.39, 0.29) is 171 Å². The molecule has 91 heavy (non-hydrogen) atoms. The molecule has 6 rings (SSSR count). The molecule has 1 saturated heterocycles. The Hall–Kier alpha value is -0.504. The number of carbonyl (C=O) groups is 5. The molecular formula is C54H65Cl3F7I3KN3NaO14S5+. The van der Waals surface area contributed by atoms with E-state index in [0.29, 0.717) is 6.61 Å². The summed E-state index contributed by atoms with van der Waals surface area (Å²) < 4.78 is 109. The number of nitrogen functional groups attached to an aromatic ring is 1. The van der Waals surface area contributed by atoms with Gasteiger partial charge in [-0.05, 0) is 155 Å². The molecule has 1 aliphatic rings. The van der Waals surface area contributed by atoms with E-state index in [4.69, 9.17) is 36.6 Å². The smallest absolute Gasteiger partial charge is 1.00 e. The molecular weight excluding hydrogens is 1760 g/mol. The molecule has 502 valence electrons. The molecule has 0 spiro atoms. The summed E-state index contributed by atoms with van der Waals surface area (Å²) in [6, 6.07) is 27.8. The molecule has 37 heteroatoms. The fraction of sp³-hybridized carbons (Fsp3) is 0.333. The van der Waals surface area contributed by atoms with E-state index in [1.54, 1.807) is 57.4 Å². The molecule has 5 aromatic rings. The average Bonchev–Trinajstić information content (AvgIpc) is 2.60. The summed E-state index contributed by atoms with van der Waals surface area (Å²) in [7, 11) is 13.4. The van der Waals surface area contributed by atoms with Crippen LogP contribution in [0.2, 0.25) is 0 Å². The SMILES string of the molecule is CC(=O)N(C)C.CC(O)(CSc1ccc(F)cc1)C(=O)Cl.CC(O)(CSc1ccc(F)cc1)C(=O)O.COC(=O)C(C)(O)CSc1ccc(F)cc1.COC(=O)C1(C)CO1.Fc1ccc(S)cc1.I.II.N#Cc1ccc(N)cc1C(F)(F)F.O=S(Cl)Cl.[H+].[H-].[K+].[Na+].[OH-]. The molecule has 5 aromatic carbocycles. The van der Waals surface area contributed by atoms with Crippen molar-refractivity contribution in [2.75, 3.05) is 57.9 Å². The zero-order valence-electron chi connectivity index (χ0n) is 52.2. The molecule has 7 N–H and O–H groups in total. The molecule has 0 radical (unpaired) electrons. The number of thioether (sulfide) groups is 3. The van der Waals surface area contributed by atoms with Crippen molar-refractivity contribution in [3.8, 4) is 6.07 Å². The number of nitrogens with zero attached hydrogens (tertiary/aromatic N) is 2. The maximum Gasteiger partial charge on any atom is 1.00 e. The summed E-state index contributed by atoms with van der Waals surface area (Å²) in [5, 5.41) is 44.9. The summed E-state index contributed by atoms with van der Waals surface area (Å²) in [5.41, 5.74) is -1.70. The molecule has 4 atom stereocenters. The van der Waals surface area contributed by atoms with Crippen LogP contribution < -0.4 is 86.7 Å². The van der Waals surface area contributed by atoms with Crippen LogP contribution in [0.5, 0.6) is 0 Å². The van der Waals surface area contributed by atoms with Gasteiger partial charge in [0.2, 0.25) is 15.1 Å². The number of aliphatic carboxylic acids is 1. The molecule has 0 bridgehead atoms. The molecule has 1 fully saturated rings. The summed E-state index contributed by atoms with van der Waals surface area (Å²) >= 11 is 17.1. The third-order valence-corrected chi connectivity index (χ3v) is 14.3. The number of halogens is 13. The molecule has 1 heterocycles. The Labute approximate surface area is 666 Å². The monoisotopic (exact) mass is 1820 g/mol. The maximum atomic E-state index is 12.6. The number of methoxy groups -OCH3 is 2. The number of benzene rings is 5. The van der Waals surface area contributed by atoms with E-state index in [1.165, 1.54) is 155 Å². The Bertz CT molecular complexity index is 2880. The van der Waals surface area contributed by atoms with Crippen molar-refractivity contribution in [2.45, 2.75) is 82.8 Å². The van der Waals surface area contributed by atoms with Gasteiger partial charge in [-0.3, -0.25) is 9.59 Å². The fourth-order valence-corrected chi connectivity index (χ4v) is 7.43. The Balaban J connectivity index is -0.000000125. The Morgan fingerprint density at radius 1 is 0.758 bits per heavy atom. The molecule has 17 nitrogen and oxygen atoms in total. The van der Waals surface area contributed by atoms with Crippen LogP contribution in [0.3, 0.4) is 0 Å². The number of nitrogens with two attached hydrogens (primary N) is 1. The van der Waals surface area contributed by atoms with Gasteiger partial charge in [-0.1, -0.05) is 0 Å². The predicted molar refractivity (Wildman–Crippen MR) is 366 cm³/mol. The number of nitriles is 1. The number of carbonyl (C=O) groups excluding carboxylic acids is 4. The van der Waals surface area contributed by atoms with Crippen molar-refractivity contribution in [3.05, 3.63) is 150 Å². The third-order valence-electron chi connectivity index (χ3n) is 9.63. The number of amides is 1. The number of thiol groups is 1. The van der Waals surface area contributed by atoms with Crippen LogP contribution in [0.1, 0.15) is 48.6 Å². The first-order valence-electron chi connectivity index (χ1n) is 23.5. The standard InChI is InChI=1S/C11H13FO3S.C10H10ClFO2S.C10H11FO3S.C8H5F3N2.C6H5FS.C5H8O3.C4H9NO.Cl2OS.I2.HI.K.Na.H2O.H/c1-11(14,10(13)15-2)7-16-9-5-3-8(12)4-6-9;1-10(14,9(11)13)6-15-8-4-2-7(12)3-5-8;1-10(14,9(12)13)6-15-8-4-2-7(11)3-5-8;9-8(10,11)7-3-6(13)2-1-5(7)4-12;7-5-1-3-6(8)4-2-5;1-5(3-8-5)4(6)7-2;1-4(6)5(2)3;1-4(2)3;1-2;;;;;/h3-6,14H,7H2,1-2H3;2-5,14H,6H2,1H3;2-5,14H,6H2,1H3,(H,12,13);1-3H,13H2;1-4,8H;3H2,1-2H3;1-3H3;;;1H;;;1H2;/q;;;;;;;;;;2*+1;;-1. The van der Waals surface area contributed by atoms with E-state index in [1.807, 2.05) is 0 Å². The average molecular weight is 1820 g/mol. The van der Waals surface area contributed by atoms with Gasteiger partial charge in [-0.2, -0.15) is 18.4 Å². The van der Waals surface area contributed by atoms with Crippen LogP contribution in [-0.2, 0) is 53.6 Å². The third kappa shape index (κ3) is 51.4. The minimum absolute atomic E-state index is 0. The van der Waals surface area contributed by atoms with E-state index in [2.05, 4.69) is 80.7 Å². The number of aliphatic hydroxyl groups is 3. The normalized spacial score (nSPS) is 13.7. The van der Waals surface area contributed by atoms with Crippen molar-refractivity contribution < 1.29 is 183 Å². The van der Waals surface area contributed by atoms with Gasteiger partial charge in [0.15, 0.2) is 16.8 Å².